The summed E-state index contributed by atoms with van der Waals surface area (Å²) in [5.74, 6) is -0.698. The quantitative estimate of drug-likeness (QED) is 0.569. The molecule has 1 saturated carbocycles. The van der Waals surface area contributed by atoms with Crippen LogP contribution in [0.2, 0.25) is 0 Å². The lowest BCUT2D eigenvalue weighted by atomic mass is 9.74. The number of rotatable bonds is 3. The number of amides is 2. The molecular weight excluding hydrogens is 242 g/mol. The molecule has 1 heterocycles. The second kappa shape index (κ2) is 4.61. The molecule has 0 bridgehead atoms. The van der Waals surface area contributed by atoms with Crippen LogP contribution in [0.5, 0.6) is 0 Å². The Kier molecular flexibility index (Phi) is 3.33. The molecule has 4 nitrogen and oxygen atoms in total. The van der Waals surface area contributed by atoms with Gasteiger partial charge in [-0.3, -0.25) is 19.3 Å². The lowest BCUT2D eigenvalue weighted by Crippen LogP contribution is -2.45. The summed E-state index contributed by atoms with van der Waals surface area (Å²) >= 11 is 5.68. The summed E-state index contributed by atoms with van der Waals surface area (Å²) < 4.78 is 0. The molecule has 1 aliphatic carbocycles. The number of imide groups is 1. The van der Waals surface area contributed by atoms with Crippen molar-refractivity contribution in [2.75, 3.05) is 6.54 Å². The number of carbonyl (C=O) groups is 3. The molecule has 17 heavy (non-hydrogen) atoms. The first-order chi connectivity index (χ1) is 8.05. The molecule has 0 aromatic carbocycles. The van der Waals surface area contributed by atoms with Crippen LogP contribution in [0.3, 0.4) is 0 Å². The number of halogens is 1. The predicted octanol–water partition coefficient (Wildman–Crippen LogP) is 1.63. The highest BCUT2D eigenvalue weighted by atomic mass is 35.5. The van der Waals surface area contributed by atoms with Crippen LogP contribution in [0.4, 0.5) is 0 Å². The third-order valence-corrected chi connectivity index (χ3v) is 3.99. The predicted molar refractivity (Wildman–Crippen MR) is 62.2 cm³/mol. The van der Waals surface area contributed by atoms with E-state index in [9.17, 15) is 14.4 Å². The van der Waals surface area contributed by atoms with Gasteiger partial charge in [0.25, 0.3) is 11.8 Å². The zero-order valence-corrected chi connectivity index (χ0v) is 10.2. The largest absolute Gasteiger partial charge is 0.281 e. The zero-order valence-electron chi connectivity index (χ0n) is 9.45. The maximum Gasteiger partial charge on any atom is 0.253 e. The van der Waals surface area contributed by atoms with Crippen LogP contribution in [0.25, 0.3) is 0 Å². The van der Waals surface area contributed by atoms with Gasteiger partial charge >= 0.3 is 0 Å². The number of hydrogen-bond donors (Lipinski definition) is 0. The fraction of sp³-hybridized carbons (Fsp3) is 0.583. The fourth-order valence-electron chi connectivity index (χ4n) is 2.54. The summed E-state index contributed by atoms with van der Waals surface area (Å²) in [7, 11) is 0. The van der Waals surface area contributed by atoms with Gasteiger partial charge in [0.1, 0.15) is 0 Å². The molecule has 1 aliphatic heterocycles. The maximum absolute atomic E-state index is 11.6. The van der Waals surface area contributed by atoms with Gasteiger partial charge in [-0.15, -0.1) is 0 Å². The van der Waals surface area contributed by atoms with Crippen LogP contribution in [-0.2, 0) is 14.4 Å². The second-order valence-electron chi connectivity index (χ2n) is 4.71. The van der Waals surface area contributed by atoms with Gasteiger partial charge in [0.2, 0.25) is 5.24 Å². The van der Waals surface area contributed by atoms with E-state index in [2.05, 4.69) is 0 Å². The van der Waals surface area contributed by atoms with Crippen LogP contribution in [0.15, 0.2) is 12.2 Å². The Morgan fingerprint density at radius 3 is 2.18 bits per heavy atom. The van der Waals surface area contributed by atoms with Gasteiger partial charge in [-0.1, -0.05) is 19.3 Å². The van der Waals surface area contributed by atoms with Crippen LogP contribution in [0.1, 0.15) is 32.1 Å². The van der Waals surface area contributed by atoms with Crippen LogP contribution >= 0.6 is 11.6 Å². The van der Waals surface area contributed by atoms with Crippen LogP contribution in [-0.4, -0.2) is 28.5 Å². The second-order valence-corrected chi connectivity index (χ2v) is 5.05. The summed E-state index contributed by atoms with van der Waals surface area (Å²) in [4.78, 5) is 35.7. The standard InChI is InChI=1S/C12H14ClNO3/c13-11(17)12(6-2-1-3-7-12)8-14-9(15)4-5-10(14)16/h4-5H,1-3,6-8H2. The Bertz CT molecular complexity index is 379. The van der Waals surface area contributed by atoms with E-state index in [1.54, 1.807) is 0 Å². The highest BCUT2D eigenvalue weighted by molar-refractivity contribution is 6.64. The van der Waals surface area contributed by atoms with Gasteiger partial charge < -0.3 is 0 Å². The van der Waals surface area contributed by atoms with Crippen molar-refractivity contribution in [1.82, 2.24) is 4.90 Å². The van der Waals surface area contributed by atoms with Crippen molar-refractivity contribution in [3.63, 3.8) is 0 Å². The molecule has 0 atom stereocenters. The molecule has 1 fully saturated rings. The van der Waals surface area contributed by atoms with Crippen molar-refractivity contribution in [2.24, 2.45) is 5.41 Å². The Labute approximate surface area is 105 Å². The molecule has 0 aromatic rings. The van der Waals surface area contributed by atoms with Crippen molar-refractivity contribution in [1.29, 1.82) is 0 Å². The van der Waals surface area contributed by atoms with Crippen molar-refractivity contribution in [3.05, 3.63) is 12.2 Å². The number of carbonyl (C=O) groups excluding carboxylic acids is 3. The van der Waals surface area contributed by atoms with Gasteiger partial charge in [0, 0.05) is 18.7 Å². The minimum absolute atomic E-state index is 0.125. The van der Waals surface area contributed by atoms with Crippen molar-refractivity contribution in [2.45, 2.75) is 32.1 Å². The van der Waals surface area contributed by atoms with E-state index in [0.717, 1.165) is 24.2 Å². The Hall–Kier alpha value is -1.16. The van der Waals surface area contributed by atoms with Crippen molar-refractivity contribution in [3.8, 4) is 0 Å². The summed E-state index contributed by atoms with van der Waals surface area (Å²) in [5, 5.41) is -0.426. The molecule has 5 heteroatoms. The van der Waals surface area contributed by atoms with Crippen LogP contribution < -0.4 is 0 Å². The highest BCUT2D eigenvalue weighted by Gasteiger charge is 2.42. The maximum atomic E-state index is 11.6. The van der Waals surface area contributed by atoms with E-state index in [0.29, 0.717) is 12.8 Å². The molecule has 2 rings (SSSR count). The zero-order chi connectivity index (χ0) is 12.5. The number of nitrogens with zero attached hydrogens (tertiary/aromatic N) is 1. The highest BCUT2D eigenvalue weighted by Crippen LogP contribution is 2.39. The molecule has 0 N–H and O–H groups in total. The third kappa shape index (κ3) is 2.27. The molecule has 2 aliphatic rings. The van der Waals surface area contributed by atoms with Crippen molar-refractivity contribution < 1.29 is 14.4 Å². The Balaban J connectivity index is 2.16. The van der Waals surface area contributed by atoms with E-state index < -0.39 is 10.7 Å². The average Bonchev–Trinajstić information content (AvgIpc) is 2.62. The molecule has 0 radical (unpaired) electrons. The third-order valence-electron chi connectivity index (χ3n) is 3.59. The van der Waals surface area contributed by atoms with Gasteiger partial charge in [-0.25, -0.2) is 0 Å². The van der Waals surface area contributed by atoms with Crippen LogP contribution in [0, 0.1) is 5.41 Å². The SMILES string of the molecule is O=C1C=CC(=O)N1CC1(C(=O)Cl)CCCCC1. The fourth-order valence-corrected chi connectivity index (χ4v) is 2.78. The lowest BCUT2D eigenvalue weighted by molar-refractivity contribution is -0.140. The average molecular weight is 256 g/mol. The summed E-state index contributed by atoms with van der Waals surface area (Å²) in [5.41, 5.74) is -0.725. The first-order valence-corrected chi connectivity index (χ1v) is 6.16. The summed E-state index contributed by atoms with van der Waals surface area (Å²) in [6.45, 7) is 0.125. The molecule has 0 unspecified atom stereocenters. The molecule has 92 valence electrons. The van der Waals surface area contributed by atoms with Gasteiger partial charge in [-0.2, -0.15) is 0 Å². The normalized spacial score (nSPS) is 23.2. The monoisotopic (exact) mass is 255 g/mol. The number of hydrogen-bond acceptors (Lipinski definition) is 3. The first-order valence-electron chi connectivity index (χ1n) is 5.79. The topological polar surface area (TPSA) is 54.5 Å². The molecule has 0 aromatic heterocycles. The molecule has 2 amide bonds. The van der Waals surface area contributed by atoms with Gasteiger partial charge in [0.15, 0.2) is 0 Å². The Morgan fingerprint density at radius 2 is 1.71 bits per heavy atom. The van der Waals surface area contributed by atoms with E-state index in [-0.39, 0.29) is 18.4 Å². The Morgan fingerprint density at radius 1 is 1.18 bits per heavy atom. The lowest BCUT2D eigenvalue weighted by Gasteiger charge is -2.36. The first kappa shape index (κ1) is 12.3. The van der Waals surface area contributed by atoms with E-state index in [1.165, 1.54) is 12.2 Å². The molecular formula is C12H14ClNO3. The minimum Gasteiger partial charge on any atom is -0.281 e. The van der Waals surface area contributed by atoms with Gasteiger partial charge in [-0.05, 0) is 24.4 Å². The summed E-state index contributed by atoms with van der Waals surface area (Å²) in [6, 6.07) is 0. The van der Waals surface area contributed by atoms with E-state index in [4.69, 9.17) is 11.6 Å². The van der Waals surface area contributed by atoms with Gasteiger partial charge in [0.05, 0.1) is 5.41 Å². The van der Waals surface area contributed by atoms with E-state index in [1.807, 2.05) is 0 Å². The van der Waals surface area contributed by atoms with E-state index >= 15 is 0 Å². The smallest absolute Gasteiger partial charge is 0.253 e. The summed E-state index contributed by atoms with van der Waals surface area (Å²) in [6.07, 6.45) is 6.70. The van der Waals surface area contributed by atoms with Crippen molar-refractivity contribution >= 4 is 28.7 Å². The molecule has 0 spiro atoms. The minimum atomic E-state index is -0.725. The molecule has 0 saturated heterocycles.